The van der Waals surface area contributed by atoms with Crippen molar-refractivity contribution < 1.29 is 9.13 Å². The van der Waals surface area contributed by atoms with Gasteiger partial charge in [-0.3, -0.25) is 5.43 Å². The Morgan fingerprint density at radius 2 is 1.88 bits per heavy atom. The second-order valence-corrected chi connectivity index (χ2v) is 5.79. The first-order chi connectivity index (χ1) is 12.1. The zero-order valence-electron chi connectivity index (χ0n) is 13.3. The molecule has 0 unspecified atom stereocenters. The molecule has 0 aromatic heterocycles. The second kappa shape index (κ2) is 7.72. The monoisotopic (exact) mass is 353 g/mol. The van der Waals surface area contributed by atoms with E-state index in [0.717, 1.165) is 21.9 Å². The van der Waals surface area contributed by atoms with Gasteiger partial charge in [-0.15, -0.1) is 0 Å². The van der Waals surface area contributed by atoms with Crippen molar-refractivity contribution in [3.8, 4) is 5.75 Å². The van der Waals surface area contributed by atoms with Gasteiger partial charge >= 0.3 is 0 Å². The minimum absolute atomic E-state index is 0.0882. The van der Waals surface area contributed by atoms with E-state index in [1.54, 1.807) is 18.3 Å². The van der Waals surface area contributed by atoms with E-state index in [1.807, 2.05) is 36.4 Å². The van der Waals surface area contributed by atoms with Gasteiger partial charge in [0.25, 0.3) is 0 Å². The normalized spacial score (nSPS) is 10.9. The summed E-state index contributed by atoms with van der Waals surface area (Å²) in [6.07, 6.45) is 1.63. The first-order valence-corrected chi connectivity index (χ1v) is 8.02. The van der Waals surface area contributed by atoms with Crippen molar-refractivity contribution in [2.45, 2.75) is 6.61 Å². The number of benzene rings is 3. The SMILES string of the molecule is NC(=S)N/N=C/c1c(OCc2ccc(F)cc2)ccc2ccccc12. The van der Waals surface area contributed by atoms with Gasteiger partial charge in [-0.1, -0.05) is 42.5 Å². The topological polar surface area (TPSA) is 59.6 Å². The lowest BCUT2D eigenvalue weighted by Crippen LogP contribution is -2.24. The molecular weight excluding hydrogens is 337 g/mol. The van der Waals surface area contributed by atoms with Crippen LogP contribution in [0.3, 0.4) is 0 Å². The predicted molar refractivity (Wildman–Crippen MR) is 102 cm³/mol. The summed E-state index contributed by atoms with van der Waals surface area (Å²) in [6.45, 7) is 0.322. The number of nitrogens with one attached hydrogen (secondary N) is 1. The minimum Gasteiger partial charge on any atom is -0.488 e. The van der Waals surface area contributed by atoms with Gasteiger partial charge < -0.3 is 10.5 Å². The van der Waals surface area contributed by atoms with Gasteiger partial charge in [-0.2, -0.15) is 5.10 Å². The summed E-state index contributed by atoms with van der Waals surface area (Å²) in [5.41, 5.74) is 9.63. The highest BCUT2D eigenvalue weighted by atomic mass is 32.1. The number of thiocarbonyl (C=S) groups is 1. The molecule has 3 rings (SSSR count). The van der Waals surface area contributed by atoms with Crippen LogP contribution in [-0.4, -0.2) is 11.3 Å². The Kier molecular flexibility index (Phi) is 5.20. The highest BCUT2D eigenvalue weighted by molar-refractivity contribution is 7.80. The van der Waals surface area contributed by atoms with Crippen molar-refractivity contribution in [3.05, 3.63) is 77.6 Å². The quantitative estimate of drug-likeness (QED) is 0.417. The van der Waals surface area contributed by atoms with E-state index in [-0.39, 0.29) is 10.9 Å². The maximum atomic E-state index is 13.0. The molecule has 0 atom stereocenters. The molecule has 0 fully saturated rings. The average molecular weight is 353 g/mol. The highest BCUT2D eigenvalue weighted by Gasteiger charge is 2.08. The number of fused-ring (bicyclic) bond motifs is 1. The van der Waals surface area contributed by atoms with Gasteiger partial charge in [0.05, 0.1) is 6.21 Å². The summed E-state index contributed by atoms with van der Waals surface area (Å²) >= 11 is 4.76. The molecule has 0 saturated carbocycles. The van der Waals surface area contributed by atoms with Gasteiger partial charge in [-0.25, -0.2) is 4.39 Å². The van der Waals surface area contributed by atoms with E-state index in [4.69, 9.17) is 22.7 Å². The van der Waals surface area contributed by atoms with E-state index in [2.05, 4.69) is 10.5 Å². The van der Waals surface area contributed by atoms with Crippen LogP contribution in [0.4, 0.5) is 4.39 Å². The van der Waals surface area contributed by atoms with Crippen LogP contribution >= 0.6 is 12.2 Å². The van der Waals surface area contributed by atoms with Crippen LogP contribution in [-0.2, 0) is 6.61 Å². The van der Waals surface area contributed by atoms with Crippen LogP contribution in [0.5, 0.6) is 5.75 Å². The van der Waals surface area contributed by atoms with Gasteiger partial charge in [0.2, 0.25) is 0 Å². The van der Waals surface area contributed by atoms with Crippen molar-refractivity contribution in [2.75, 3.05) is 0 Å². The first-order valence-electron chi connectivity index (χ1n) is 7.61. The fraction of sp³-hybridized carbons (Fsp3) is 0.0526. The number of hydrazone groups is 1. The molecule has 3 aromatic carbocycles. The third kappa shape index (κ3) is 4.30. The standard InChI is InChI=1S/C19H16FN3OS/c20-15-8-5-13(6-9-15)12-24-18-10-7-14-3-1-2-4-16(14)17(18)11-22-23-19(21)25/h1-11H,12H2,(H3,21,23,25)/b22-11+. The molecule has 0 aliphatic rings. The molecule has 0 heterocycles. The first kappa shape index (κ1) is 16.9. The maximum Gasteiger partial charge on any atom is 0.184 e. The fourth-order valence-corrected chi connectivity index (χ4v) is 2.49. The molecule has 6 heteroatoms. The molecule has 4 nitrogen and oxygen atoms in total. The summed E-state index contributed by atoms with van der Waals surface area (Å²) in [7, 11) is 0. The van der Waals surface area contributed by atoms with Crippen LogP contribution in [0.25, 0.3) is 10.8 Å². The largest absolute Gasteiger partial charge is 0.488 e. The zero-order valence-corrected chi connectivity index (χ0v) is 14.1. The number of hydrogen-bond acceptors (Lipinski definition) is 3. The molecular formula is C19H16FN3OS. The smallest absolute Gasteiger partial charge is 0.184 e. The lowest BCUT2D eigenvalue weighted by molar-refractivity contribution is 0.306. The molecule has 0 amide bonds. The Labute approximate surface area is 150 Å². The zero-order chi connectivity index (χ0) is 17.6. The Morgan fingerprint density at radius 1 is 1.12 bits per heavy atom. The van der Waals surface area contributed by atoms with Crippen molar-refractivity contribution in [2.24, 2.45) is 10.8 Å². The second-order valence-electron chi connectivity index (χ2n) is 5.35. The van der Waals surface area contributed by atoms with E-state index < -0.39 is 0 Å². The number of nitrogens with zero attached hydrogens (tertiary/aromatic N) is 1. The van der Waals surface area contributed by atoms with E-state index in [1.165, 1.54) is 12.1 Å². The molecule has 0 aliphatic heterocycles. The Bertz CT molecular complexity index is 926. The van der Waals surface area contributed by atoms with E-state index in [0.29, 0.717) is 12.4 Å². The van der Waals surface area contributed by atoms with E-state index in [9.17, 15) is 4.39 Å². The van der Waals surface area contributed by atoms with Crippen molar-refractivity contribution in [1.29, 1.82) is 0 Å². The lowest BCUT2D eigenvalue weighted by atomic mass is 10.0. The number of ether oxygens (including phenoxy) is 1. The molecule has 0 saturated heterocycles. The van der Waals surface area contributed by atoms with Gasteiger partial charge in [0.1, 0.15) is 18.2 Å². The number of rotatable bonds is 5. The van der Waals surface area contributed by atoms with Crippen molar-refractivity contribution >= 4 is 34.3 Å². The summed E-state index contributed by atoms with van der Waals surface area (Å²) in [6, 6.07) is 18.0. The third-order valence-electron chi connectivity index (χ3n) is 3.61. The molecule has 0 radical (unpaired) electrons. The van der Waals surface area contributed by atoms with Crippen LogP contribution < -0.4 is 15.9 Å². The Morgan fingerprint density at radius 3 is 2.64 bits per heavy atom. The summed E-state index contributed by atoms with van der Waals surface area (Å²) in [5, 5.41) is 6.19. The third-order valence-corrected chi connectivity index (χ3v) is 3.70. The predicted octanol–water partition coefficient (Wildman–Crippen LogP) is 3.73. The van der Waals surface area contributed by atoms with Crippen LogP contribution in [0, 0.1) is 5.82 Å². The summed E-state index contributed by atoms with van der Waals surface area (Å²) in [5.74, 6) is 0.391. The van der Waals surface area contributed by atoms with Crippen LogP contribution in [0.15, 0.2) is 65.8 Å². The van der Waals surface area contributed by atoms with Gasteiger partial charge in [0, 0.05) is 5.56 Å². The minimum atomic E-state index is -0.272. The fourth-order valence-electron chi connectivity index (χ4n) is 2.44. The summed E-state index contributed by atoms with van der Waals surface area (Å²) < 4.78 is 18.9. The molecule has 0 spiro atoms. The molecule has 0 bridgehead atoms. The lowest BCUT2D eigenvalue weighted by Gasteiger charge is -2.12. The van der Waals surface area contributed by atoms with Gasteiger partial charge in [-0.05, 0) is 46.8 Å². The van der Waals surface area contributed by atoms with Crippen molar-refractivity contribution in [3.63, 3.8) is 0 Å². The Balaban J connectivity index is 1.91. The van der Waals surface area contributed by atoms with E-state index >= 15 is 0 Å². The Hall–Kier alpha value is -2.99. The van der Waals surface area contributed by atoms with Crippen LogP contribution in [0.2, 0.25) is 0 Å². The highest BCUT2D eigenvalue weighted by Crippen LogP contribution is 2.27. The molecule has 3 N–H and O–H groups in total. The number of hydrogen-bond donors (Lipinski definition) is 2. The van der Waals surface area contributed by atoms with Crippen LogP contribution in [0.1, 0.15) is 11.1 Å². The molecule has 126 valence electrons. The summed E-state index contributed by atoms with van der Waals surface area (Å²) in [4.78, 5) is 0. The average Bonchev–Trinajstić information content (AvgIpc) is 2.62. The number of halogens is 1. The molecule has 25 heavy (non-hydrogen) atoms. The molecule has 0 aliphatic carbocycles. The number of nitrogens with two attached hydrogens (primary N) is 1. The molecule has 3 aromatic rings. The van der Waals surface area contributed by atoms with Gasteiger partial charge in [0.15, 0.2) is 5.11 Å². The maximum absolute atomic E-state index is 13.0. The van der Waals surface area contributed by atoms with Crippen molar-refractivity contribution in [1.82, 2.24) is 5.43 Å².